The zero-order valence-electron chi connectivity index (χ0n) is 15.6. The number of nitrogens with zero attached hydrogens (tertiary/aromatic N) is 6. The molecule has 8 nitrogen and oxygen atoms in total. The van der Waals surface area contributed by atoms with Crippen LogP contribution >= 0.6 is 0 Å². The first kappa shape index (κ1) is 17.3. The summed E-state index contributed by atoms with van der Waals surface area (Å²) in [4.78, 5) is 23.6. The van der Waals surface area contributed by atoms with E-state index in [0.29, 0.717) is 36.8 Å². The number of para-hydroxylation sites is 1. The van der Waals surface area contributed by atoms with Crippen LogP contribution < -0.4 is 4.74 Å². The van der Waals surface area contributed by atoms with E-state index in [1.165, 1.54) is 0 Å². The van der Waals surface area contributed by atoms with Crippen molar-refractivity contribution in [2.75, 3.05) is 6.54 Å². The average Bonchev–Trinajstić information content (AvgIpc) is 3.20. The molecule has 3 aromatic heterocycles. The molecule has 1 aliphatic rings. The number of rotatable bonds is 4. The molecule has 1 aliphatic heterocycles. The minimum atomic E-state index is -0.0432. The van der Waals surface area contributed by atoms with Gasteiger partial charge in [-0.25, -0.2) is 9.67 Å². The van der Waals surface area contributed by atoms with Gasteiger partial charge in [0.1, 0.15) is 12.3 Å². The van der Waals surface area contributed by atoms with Crippen molar-refractivity contribution in [1.82, 2.24) is 29.9 Å². The lowest BCUT2D eigenvalue weighted by Crippen LogP contribution is -2.39. The summed E-state index contributed by atoms with van der Waals surface area (Å²) in [5.41, 5.74) is 2.92. The van der Waals surface area contributed by atoms with Crippen LogP contribution in [0, 0.1) is 0 Å². The second-order valence-corrected chi connectivity index (χ2v) is 6.77. The molecule has 4 heterocycles. The van der Waals surface area contributed by atoms with Gasteiger partial charge in [0, 0.05) is 30.4 Å². The fourth-order valence-corrected chi connectivity index (χ4v) is 3.50. The van der Waals surface area contributed by atoms with E-state index < -0.39 is 0 Å². The summed E-state index contributed by atoms with van der Waals surface area (Å²) in [5.74, 6) is 0.484. The van der Waals surface area contributed by atoms with Crippen molar-refractivity contribution in [3.8, 4) is 5.88 Å². The molecule has 0 aliphatic carbocycles. The van der Waals surface area contributed by atoms with E-state index in [0.717, 1.165) is 16.6 Å². The fourth-order valence-electron chi connectivity index (χ4n) is 3.50. The largest absolute Gasteiger partial charge is 0.471 e. The molecule has 0 unspecified atom stereocenters. The van der Waals surface area contributed by atoms with Crippen molar-refractivity contribution in [3.63, 3.8) is 0 Å². The standard InChI is InChI=1S/C21H18N6O2/c28-21(16-7-3-5-15-6-4-10-23-20(15)16)26-11-12-27-18(13-26)17(24-25-27)14-29-19-8-1-2-9-22-19/h1-10H,11-14H2. The predicted octanol–water partition coefficient (Wildman–Crippen LogP) is 2.46. The van der Waals surface area contributed by atoms with E-state index in [-0.39, 0.29) is 12.5 Å². The van der Waals surface area contributed by atoms with Gasteiger partial charge in [-0.15, -0.1) is 5.10 Å². The number of fused-ring (bicyclic) bond motifs is 2. The number of carbonyl (C=O) groups excluding carboxylic acids is 1. The maximum Gasteiger partial charge on any atom is 0.256 e. The van der Waals surface area contributed by atoms with Gasteiger partial charge in [-0.05, 0) is 18.2 Å². The number of carbonyl (C=O) groups is 1. The minimum Gasteiger partial charge on any atom is -0.471 e. The van der Waals surface area contributed by atoms with E-state index in [1.54, 1.807) is 18.5 Å². The Morgan fingerprint density at radius 3 is 2.79 bits per heavy atom. The van der Waals surface area contributed by atoms with Gasteiger partial charge in [0.05, 0.1) is 29.9 Å². The molecule has 4 aromatic rings. The minimum absolute atomic E-state index is 0.0432. The second-order valence-electron chi connectivity index (χ2n) is 6.77. The third kappa shape index (κ3) is 3.29. The third-order valence-corrected chi connectivity index (χ3v) is 4.99. The third-order valence-electron chi connectivity index (χ3n) is 4.99. The summed E-state index contributed by atoms with van der Waals surface area (Å²) in [6.45, 7) is 1.84. The summed E-state index contributed by atoms with van der Waals surface area (Å²) in [7, 11) is 0. The van der Waals surface area contributed by atoms with Crippen LogP contribution in [-0.4, -0.2) is 42.3 Å². The molecule has 0 bridgehead atoms. The fraction of sp³-hybridized carbons (Fsp3) is 0.190. The van der Waals surface area contributed by atoms with E-state index >= 15 is 0 Å². The molecule has 5 rings (SSSR count). The number of hydrogen-bond acceptors (Lipinski definition) is 6. The normalized spacial score (nSPS) is 13.3. The Labute approximate surface area is 166 Å². The summed E-state index contributed by atoms with van der Waals surface area (Å²) < 4.78 is 7.55. The molecule has 1 aromatic carbocycles. The summed E-state index contributed by atoms with van der Waals surface area (Å²) >= 11 is 0. The molecular weight excluding hydrogens is 368 g/mol. The second kappa shape index (κ2) is 7.31. The lowest BCUT2D eigenvalue weighted by molar-refractivity contribution is 0.0706. The highest BCUT2D eigenvalue weighted by Crippen LogP contribution is 2.22. The maximum absolute atomic E-state index is 13.2. The Kier molecular flexibility index (Phi) is 4.36. The predicted molar refractivity (Wildman–Crippen MR) is 105 cm³/mol. The molecule has 1 amide bonds. The van der Waals surface area contributed by atoms with Gasteiger partial charge in [-0.2, -0.15) is 0 Å². The summed E-state index contributed by atoms with van der Waals surface area (Å²) in [6.07, 6.45) is 3.39. The lowest BCUT2D eigenvalue weighted by atomic mass is 10.1. The molecular formula is C21H18N6O2. The summed E-state index contributed by atoms with van der Waals surface area (Å²) in [5, 5.41) is 9.39. The zero-order chi connectivity index (χ0) is 19.6. The molecule has 0 saturated carbocycles. The van der Waals surface area contributed by atoms with Gasteiger partial charge < -0.3 is 9.64 Å². The van der Waals surface area contributed by atoms with Crippen LogP contribution in [0.25, 0.3) is 10.9 Å². The molecule has 0 N–H and O–H groups in total. The van der Waals surface area contributed by atoms with Crippen molar-refractivity contribution in [2.24, 2.45) is 0 Å². The summed E-state index contributed by atoms with van der Waals surface area (Å²) in [6, 6.07) is 15.0. The van der Waals surface area contributed by atoms with Crippen molar-refractivity contribution in [2.45, 2.75) is 19.7 Å². The van der Waals surface area contributed by atoms with Crippen LogP contribution in [0.15, 0.2) is 60.9 Å². The first-order chi connectivity index (χ1) is 14.3. The van der Waals surface area contributed by atoms with E-state index in [2.05, 4.69) is 20.3 Å². The molecule has 0 fully saturated rings. The van der Waals surface area contributed by atoms with Crippen LogP contribution in [0.1, 0.15) is 21.7 Å². The van der Waals surface area contributed by atoms with E-state index in [4.69, 9.17) is 4.74 Å². The van der Waals surface area contributed by atoms with Crippen LogP contribution in [0.5, 0.6) is 5.88 Å². The van der Waals surface area contributed by atoms with Crippen LogP contribution in [0.4, 0.5) is 0 Å². The average molecular weight is 386 g/mol. The Morgan fingerprint density at radius 1 is 1.00 bits per heavy atom. The smallest absolute Gasteiger partial charge is 0.256 e. The number of hydrogen-bond donors (Lipinski definition) is 0. The van der Waals surface area contributed by atoms with Crippen molar-refractivity contribution in [3.05, 3.63) is 77.9 Å². The van der Waals surface area contributed by atoms with Gasteiger partial charge in [-0.1, -0.05) is 29.5 Å². The topological polar surface area (TPSA) is 86.0 Å². The van der Waals surface area contributed by atoms with Crippen molar-refractivity contribution >= 4 is 16.8 Å². The van der Waals surface area contributed by atoms with Gasteiger partial charge in [0.2, 0.25) is 5.88 Å². The number of ether oxygens (including phenoxy) is 1. The van der Waals surface area contributed by atoms with Gasteiger partial charge in [0.15, 0.2) is 0 Å². The van der Waals surface area contributed by atoms with Crippen LogP contribution in [0.3, 0.4) is 0 Å². The first-order valence-electron chi connectivity index (χ1n) is 9.38. The van der Waals surface area contributed by atoms with Gasteiger partial charge >= 0.3 is 0 Å². The van der Waals surface area contributed by atoms with E-state index in [9.17, 15) is 4.79 Å². The lowest BCUT2D eigenvalue weighted by Gasteiger charge is -2.28. The first-order valence-corrected chi connectivity index (χ1v) is 9.38. The molecule has 0 radical (unpaired) electrons. The molecule has 0 atom stereocenters. The van der Waals surface area contributed by atoms with E-state index in [1.807, 2.05) is 52.0 Å². The Hall–Kier alpha value is -3.81. The highest BCUT2D eigenvalue weighted by atomic mass is 16.5. The molecule has 8 heteroatoms. The maximum atomic E-state index is 13.2. The SMILES string of the molecule is O=C(c1cccc2cccnc12)N1CCn2nnc(COc3ccccn3)c2C1. The quantitative estimate of drug-likeness (QED) is 0.536. The Bertz CT molecular complexity index is 1170. The van der Waals surface area contributed by atoms with Crippen LogP contribution in [0.2, 0.25) is 0 Å². The highest BCUT2D eigenvalue weighted by Gasteiger charge is 2.27. The van der Waals surface area contributed by atoms with Gasteiger partial charge in [0.25, 0.3) is 5.91 Å². The van der Waals surface area contributed by atoms with Crippen molar-refractivity contribution < 1.29 is 9.53 Å². The Morgan fingerprint density at radius 2 is 1.90 bits per heavy atom. The Balaban J connectivity index is 1.38. The highest BCUT2D eigenvalue weighted by molar-refractivity contribution is 6.05. The zero-order valence-corrected chi connectivity index (χ0v) is 15.6. The monoisotopic (exact) mass is 386 g/mol. The molecule has 29 heavy (non-hydrogen) atoms. The number of benzene rings is 1. The number of pyridine rings is 2. The number of aromatic nitrogens is 5. The number of amides is 1. The molecule has 0 saturated heterocycles. The molecule has 0 spiro atoms. The molecule has 144 valence electrons. The van der Waals surface area contributed by atoms with Gasteiger partial charge in [-0.3, -0.25) is 9.78 Å². The van der Waals surface area contributed by atoms with Crippen LogP contribution in [-0.2, 0) is 19.7 Å². The van der Waals surface area contributed by atoms with Crippen molar-refractivity contribution in [1.29, 1.82) is 0 Å².